The van der Waals surface area contributed by atoms with Gasteiger partial charge >= 0.3 is 0 Å². The topological polar surface area (TPSA) is 42.9 Å². The lowest BCUT2D eigenvalue weighted by Gasteiger charge is -2.30. The van der Waals surface area contributed by atoms with Gasteiger partial charge < -0.3 is 15.5 Å². The summed E-state index contributed by atoms with van der Waals surface area (Å²) in [4.78, 5) is 9.29. The SMILES string of the molecule is CN=C(NCCCN(C(C)C)C(C)C)NCC1CCCN1C. The number of likely N-dealkylation sites (tertiary alicyclic amines) is 1. The fourth-order valence-electron chi connectivity index (χ4n) is 3.25. The van der Waals surface area contributed by atoms with E-state index >= 15 is 0 Å². The fourth-order valence-corrected chi connectivity index (χ4v) is 3.25. The van der Waals surface area contributed by atoms with Crippen molar-refractivity contribution in [1.29, 1.82) is 0 Å². The van der Waals surface area contributed by atoms with Crippen LogP contribution in [0.4, 0.5) is 0 Å². The van der Waals surface area contributed by atoms with Gasteiger partial charge in [-0.25, -0.2) is 0 Å². The van der Waals surface area contributed by atoms with Gasteiger partial charge in [0.05, 0.1) is 0 Å². The molecule has 0 amide bonds. The second-order valence-corrected chi connectivity index (χ2v) is 6.94. The predicted octanol–water partition coefficient (Wildman–Crippen LogP) is 1.75. The van der Waals surface area contributed by atoms with E-state index in [1.54, 1.807) is 0 Å². The highest BCUT2D eigenvalue weighted by Crippen LogP contribution is 2.13. The van der Waals surface area contributed by atoms with Crippen molar-refractivity contribution in [2.24, 2.45) is 4.99 Å². The number of guanidine groups is 1. The minimum absolute atomic E-state index is 0.607. The van der Waals surface area contributed by atoms with Gasteiger partial charge in [-0.15, -0.1) is 0 Å². The summed E-state index contributed by atoms with van der Waals surface area (Å²) in [5.41, 5.74) is 0. The molecule has 1 aliphatic heterocycles. The summed E-state index contributed by atoms with van der Waals surface area (Å²) in [6.45, 7) is 13.4. The molecule has 1 saturated heterocycles. The molecule has 2 N–H and O–H groups in total. The van der Waals surface area contributed by atoms with Gasteiger partial charge in [0, 0.05) is 44.8 Å². The van der Waals surface area contributed by atoms with Crippen molar-refractivity contribution in [2.75, 3.05) is 40.3 Å². The summed E-state index contributed by atoms with van der Waals surface area (Å²) < 4.78 is 0. The molecule has 0 aromatic carbocycles. The van der Waals surface area contributed by atoms with Crippen LogP contribution < -0.4 is 10.6 Å². The van der Waals surface area contributed by atoms with Crippen molar-refractivity contribution in [3.8, 4) is 0 Å². The van der Waals surface area contributed by atoms with E-state index in [9.17, 15) is 0 Å². The third kappa shape index (κ3) is 6.53. The Bertz CT molecular complexity index is 319. The second kappa shape index (κ2) is 10.1. The van der Waals surface area contributed by atoms with Crippen LogP contribution in [-0.2, 0) is 0 Å². The van der Waals surface area contributed by atoms with Gasteiger partial charge in [-0.2, -0.15) is 0 Å². The molecule has 5 heteroatoms. The highest BCUT2D eigenvalue weighted by molar-refractivity contribution is 5.79. The van der Waals surface area contributed by atoms with Crippen molar-refractivity contribution in [2.45, 2.75) is 65.1 Å². The first-order valence-electron chi connectivity index (χ1n) is 8.86. The van der Waals surface area contributed by atoms with Crippen LogP contribution in [0, 0.1) is 0 Å². The highest BCUT2D eigenvalue weighted by Gasteiger charge is 2.20. The second-order valence-electron chi connectivity index (χ2n) is 6.94. The summed E-state index contributed by atoms with van der Waals surface area (Å²) in [6, 6.07) is 1.86. The van der Waals surface area contributed by atoms with E-state index in [0.717, 1.165) is 32.0 Å². The molecule has 130 valence electrons. The van der Waals surface area contributed by atoms with Crippen molar-refractivity contribution in [3.63, 3.8) is 0 Å². The first-order valence-corrected chi connectivity index (χ1v) is 8.86. The standard InChI is InChI=1S/C17H37N5/c1-14(2)22(15(3)4)12-8-10-19-17(18-5)20-13-16-9-7-11-21(16)6/h14-16H,7-13H2,1-6H3,(H2,18,19,20). The third-order valence-corrected chi connectivity index (χ3v) is 4.61. The Labute approximate surface area is 137 Å². The van der Waals surface area contributed by atoms with Gasteiger partial charge in [0.1, 0.15) is 0 Å². The number of likely N-dealkylation sites (N-methyl/N-ethyl adjacent to an activating group) is 1. The highest BCUT2D eigenvalue weighted by atomic mass is 15.2. The van der Waals surface area contributed by atoms with E-state index in [1.807, 2.05) is 7.05 Å². The minimum atomic E-state index is 0.607. The zero-order valence-electron chi connectivity index (χ0n) is 15.5. The van der Waals surface area contributed by atoms with E-state index in [2.05, 4.69) is 60.2 Å². The van der Waals surface area contributed by atoms with Crippen LogP contribution in [0.3, 0.4) is 0 Å². The fraction of sp³-hybridized carbons (Fsp3) is 0.941. The van der Waals surface area contributed by atoms with Crippen LogP contribution >= 0.6 is 0 Å². The molecule has 0 radical (unpaired) electrons. The average Bonchev–Trinajstić information content (AvgIpc) is 2.86. The predicted molar refractivity (Wildman–Crippen MR) is 96.6 cm³/mol. The number of hydrogen-bond donors (Lipinski definition) is 2. The van der Waals surface area contributed by atoms with Gasteiger partial charge in [0.25, 0.3) is 0 Å². The van der Waals surface area contributed by atoms with Crippen molar-refractivity contribution in [3.05, 3.63) is 0 Å². The molecule has 0 saturated carbocycles. The molecule has 22 heavy (non-hydrogen) atoms. The summed E-state index contributed by atoms with van der Waals surface area (Å²) in [5.74, 6) is 0.931. The lowest BCUT2D eigenvalue weighted by molar-refractivity contribution is 0.173. The Morgan fingerprint density at radius 1 is 1.23 bits per heavy atom. The third-order valence-electron chi connectivity index (χ3n) is 4.61. The lowest BCUT2D eigenvalue weighted by atomic mass is 10.2. The zero-order valence-corrected chi connectivity index (χ0v) is 15.5. The molecular formula is C17H37N5. The monoisotopic (exact) mass is 311 g/mol. The summed E-state index contributed by atoms with van der Waals surface area (Å²) >= 11 is 0. The normalized spacial score (nSPS) is 20.4. The van der Waals surface area contributed by atoms with Crippen LogP contribution in [0.15, 0.2) is 4.99 Å². The van der Waals surface area contributed by atoms with Gasteiger partial charge in [-0.1, -0.05) is 0 Å². The van der Waals surface area contributed by atoms with Crippen LogP contribution in [0.2, 0.25) is 0 Å². The summed E-state index contributed by atoms with van der Waals surface area (Å²) in [5, 5.41) is 6.89. The number of hydrogen-bond acceptors (Lipinski definition) is 3. The smallest absolute Gasteiger partial charge is 0.191 e. The molecule has 5 nitrogen and oxygen atoms in total. The van der Waals surface area contributed by atoms with E-state index in [0.29, 0.717) is 18.1 Å². The molecule has 1 rings (SSSR count). The first kappa shape index (κ1) is 19.2. The Morgan fingerprint density at radius 3 is 2.41 bits per heavy atom. The summed E-state index contributed by atoms with van der Waals surface area (Å²) in [6.07, 6.45) is 3.74. The first-order chi connectivity index (χ1) is 10.5. The van der Waals surface area contributed by atoms with Gasteiger partial charge in [0.2, 0.25) is 0 Å². The zero-order chi connectivity index (χ0) is 16.5. The Hall–Kier alpha value is -0.810. The average molecular weight is 312 g/mol. The van der Waals surface area contributed by atoms with Gasteiger partial charge in [0.15, 0.2) is 5.96 Å². The van der Waals surface area contributed by atoms with E-state index in [-0.39, 0.29) is 0 Å². The Morgan fingerprint density at radius 2 is 1.91 bits per heavy atom. The molecule has 0 aromatic rings. The molecule has 0 bridgehead atoms. The number of nitrogens with zero attached hydrogens (tertiary/aromatic N) is 3. The van der Waals surface area contributed by atoms with Gasteiger partial charge in [-0.3, -0.25) is 9.89 Å². The van der Waals surface area contributed by atoms with Crippen LogP contribution in [0.25, 0.3) is 0 Å². The van der Waals surface area contributed by atoms with Crippen LogP contribution in [0.1, 0.15) is 47.0 Å². The quantitative estimate of drug-likeness (QED) is 0.407. The van der Waals surface area contributed by atoms with E-state index in [1.165, 1.54) is 19.4 Å². The molecule has 1 fully saturated rings. The lowest BCUT2D eigenvalue weighted by Crippen LogP contribution is -2.45. The van der Waals surface area contributed by atoms with Crippen molar-refractivity contribution < 1.29 is 0 Å². The molecule has 1 aliphatic rings. The maximum atomic E-state index is 4.32. The number of aliphatic imine (C=N–C) groups is 1. The Balaban J connectivity index is 2.21. The molecule has 0 spiro atoms. The van der Waals surface area contributed by atoms with E-state index < -0.39 is 0 Å². The maximum Gasteiger partial charge on any atom is 0.191 e. The molecule has 0 aromatic heterocycles. The maximum absolute atomic E-state index is 4.32. The van der Waals surface area contributed by atoms with Crippen LogP contribution in [-0.4, -0.2) is 74.2 Å². The molecule has 1 atom stereocenters. The molecule has 1 unspecified atom stereocenters. The number of nitrogens with one attached hydrogen (secondary N) is 2. The van der Waals surface area contributed by atoms with Crippen LogP contribution in [0.5, 0.6) is 0 Å². The molecule has 0 aliphatic carbocycles. The molecule has 1 heterocycles. The Kier molecular flexibility index (Phi) is 8.79. The minimum Gasteiger partial charge on any atom is -0.356 e. The largest absolute Gasteiger partial charge is 0.356 e. The number of rotatable bonds is 8. The molecular weight excluding hydrogens is 274 g/mol. The summed E-state index contributed by atoms with van der Waals surface area (Å²) in [7, 11) is 4.06. The van der Waals surface area contributed by atoms with Crippen molar-refractivity contribution in [1.82, 2.24) is 20.4 Å². The van der Waals surface area contributed by atoms with Gasteiger partial charge in [-0.05, 0) is 60.5 Å². The van der Waals surface area contributed by atoms with E-state index in [4.69, 9.17) is 0 Å². The van der Waals surface area contributed by atoms with Crippen molar-refractivity contribution >= 4 is 5.96 Å².